The molecule has 1 aromatic carbocycles. The van der Waals surface area contributed by atoms with Gasteiger partial charge in [-0.05, 0) is 26.0 Å². The molecule has 1 saturated heterocycles. The maximum absolute atomic E-state index is 4.54. The number of hydrogen-bond acceptors (Lipinski definition) is 3. The van der Waals surface area contributed by atoms with Gasteiger partial charge in [0.15, 0.2) is 0 Å². The molecule has 0 bridgehead atoms. The third-order valence-corrected chi connectivity index (χ3v) is 4.95. The highest BCUT2D eigenvalue weighted by Gasteiger charge is 2.26. The average molecular weight is 312 g/mol. The molecule has 0 aliphatic carbocycles. The second-order valence-corrected chi connectivity index (χ2v) is 6.62. The van der Waals surface area contributed by atoms with Crippen LogP contribution in [0.25, 0.3) is 0 Å². The molecule has 4 heteroatoms. The number of hydrogen-bond donors (Lipinski definition) is 0. The van der Waals surface area contributed by atoms with E-state index in [-0.39, 0.29) is 0 Å². The number of rotatable bonds is 5. The van der Waals surface area contributed by atoms with Gasteiger partial charge in [-0.15, -0.1) is 0 Å². The molecule has 1 aromatic heterocycles. The summed E-state index contributed by atoms with van der Waals surface area (Å²) in [6.07, 6.45) is 3.19. The molecule has 1 unspecified atom stereocenters. The first-order chi connectivity index (χ1) is 11.2. The summed E-state index contributed by atoms with van der Waals surface area (Å²) in [5.74, 6) is 0. The molecule has 0 N–H and O–H groups in total. The fourth-order valence-electron chi connectivity index (χ4n) is 3.43. The molecule has 124 valence electrons. The van der Waals surface area contributed by atoms with E-state index in [0.717, 1.165) is 39.1 Å². The number of piperazine rings is 1. The zero-order valence-electron chi connectivity index (χ0n) is 14.6. The van der Waals surface area contributed by atoms with Crippen LogP contribution in [0.4, 0.5) is 0 Å². The van der Waals surface area contributed by atoms with Gasteiger partial charge in [0.1, 0.15) is 0 Å². The second kappa shape index (κ2) is 7.28. The molecule has 2 aromatic rings. The lowest BCUT2D eigenvalue weighted by Crippen LogP contribution is -2.46. The van der Waals surface area contributed by atoms with Gasteiger partial charge >= 0.3 is 0 Å². The smallest absolute Gasteiger partial charge is 0.0537 e. The molecule has 0 spiro atoms. The van der Waals surface area contributed by atoms with Gasteiger partial charge in [-0.2, -0.15) is 5.10 Å². The van der Waals surface area contributed by atoms with E-state index in [9.17, 15) is 0 Å². The predicted octanol–water partition coefficient (Wildman–Crippen LogP) is 3.09. The molecule has 1 aliphatic rings. The number of likely N-dealkylation sites (N-methyl/N-ethyl adjacent to an activating group) is 1. The van der Waals surface area contributed by atoms with Crippen molar-refractivity contribution in [1.82, 2.24) is 19.6 Å². The van der Waals surface area contributed by atoms with Crippen LogP contribution in [0.15, 0.2) is 36.5 Å². The summed E-state index contributed by atoms with van der Waals surface area (Å²) in [5.41, 5.74) is 4.11. The Kier molecular flexibility index (Phi) is 5.13. The van der Waals surface area contributed by atoms with Gasteiger partial charge in [-0.1, -0.05) is 37.3 Å². The Morgan fingerprint density at radius 2 is 1.96 bits per heavy atom. The van der Waals surface area contributed by atoms with Crippen LogP contribution in [0.5, 0.6) is 0 Å². The lowest BCUT2D eigenvalue weighted by Gasteiger charge is -2.39. The molecule has 0 saturated carbocycles. The number of benzene rings is 1. The predicted molar refractivity (Wildman–Crippen MR) is 94.3 cm³/mol. The molecule has 0 amide bonds. The maximum Gasteiger partial charge on any atom is 0.0537 e. The Morgan fingerprint density at radius 1 is 1.17 bits per heavy atom. The van der Waals surface area contributed by atoms with E-state index in [0.29, 0.717) is 6.04 Å². The molecule has 2 heterocycles. The third-order valence-electron chi connectivity index (χ3n) is 4.95. The third kappa shape index (κ3) is 3.65. The largest absolute Gasteiger partial charge is 0.297 e. The standard InChI is InChI=1S/C19H28N4/c1-4-10-23-16(2)18(13-20-23)14-22-12-11-21(3)19(15-22)17-8-6-5-7-9-17/h5-9,13,19H,4,10-12,14-15H2,1-3H3. The first-order valence-corrected chi connectivity index (χ1v) is 8.68. The van der Waals surface area contributed by atoms with Crippen LogP contribution < -0.4 is 0 Å². The first kappa shape index (κ1) is 16.2. The van der Waals surface area contributed by atoms with E-state index < -0.39 is 0 Å². The summed E-state index contributed by atoms with van der Waals surface area (Å²) in [7, 11) is 2.24. The van der Waals surface area contributed by atoms with Crippen LogP contribution in [-0.4, -0.2) is 46.3 Å². The summed E-state index contributed by atoms with van der Waals surface area (Å²) in [6, 6.07) is 11.3. The molecule has 3 rings (SSSR count). The van der Waals surface area contributed by atoms with Gasteiger partial charge in [-0.25, -0.2) is 0 Å². The number of nitrogens with zero attached hydrogens (tertiary/aromatic N) is 4. The fraction of sp³-hybridized carbons (Fsp3) is 0.526. The Balaban J connectivity index is 1.69. The van der Waals surface area contributed by atoms with Crippen molar-refractivity contribution in [3.05, 3.63) is 53.3 Å². The zero-order chi connectivity index (χ0) is 16.2. The second-order valence-electron chi connectivity index (χ2n) is 6.62. The summed E-state index contributed by atoms with van der Waals surface area (Å²) in [5, 5.41) is 4.54. The lowest BCUT2D eigenvalue weighted by atomic mass is 10.0. The van der Waals surface area contributed by atoms with Crippen LogP contribution in [0.3, 0.4) is 0 Å². The molecule has 0 radical (unpaired) electrons. The number of aryl methyl sites for hydroxylation is 1. The van der Waals surface area contributed by atoms with E-state index in [4.69, 9.17) is 0 Å². The van der Waals surface area contributed by atoms with E-state index >= 15 is 0 Å². The molecule has 1 atom stereocenters. The van der Waals surface area contributed by atoms with Crippen molar-refractivity contribution in [3.8, 4) is 0 Å². The van der Waals surface area contributed by atoms with Crippen LogP contribution in [0.2, 0.25) is 0 Å². The minimum atomic E-state index is 0.482. The van der Waals surface area contributed by atoms with Gasteiger partial charge in [0, 0.05) is 50.0 Å². The van der Waals surface area contributed by atoms with Crippen molar-refractivity contribution in [2.45, 2.75) is 39.4 Å². The summed E-state index contributed by atoms with van der Waals surface area (Å²) < 4.78 is 2.14. The summed E-state index contributed by atoms with van der Waals surface area (Å²) >= 11 is 0. The summed E-state index contributed by atoms with van der Waals surface area (Å²) in [4.78, 5) is 5.04. The van der Waals surface area contributed by atoms with E-state index in [1.54, 1.807) is 0 Å². The SMILES string of the molecule is CCCn1ncc(CN2CCN(C)C(c3ccccc3)C2)c1C. The quantitative estimate of drug-likeness (QED) is 0.848. The van der Waals surface area contributed by atoms with E-state index in [2.05, 4.69) is 77.0 Å². The lowest BCUT2D eigenvalue weighted by molar-refractivity contribution is 0.0903. The minimum Gasteiger partial charge on any atom is -0.297 e. The molecular formula is C19H28N4. The van der Waals surface area contributed by atoms with Crippen LogP contribution in [0.1, 0.15) is 36.2 Å². The van der Waals surface area contributed by atoms with Crippen molar-refractivity contribution in [2.24, 2.45) is 0 Å². The molecule has 23 heavy (non-hydrogen) atoms. The molecular weight excluding hydrogens is 284 g/mol. The highest BCUT2D eigenvalue weighted by atomic mass is 15.3. The van der Waals surface area contributed by atoms with Crippen LogP contribution in [0, 0.1) is 6.92 Å². The minimum absolute atomic E-state index is 0.482. The highest BCUT2D eigenvalue weighted by Crippen LogP contribution is 2.25. The topological polar surface area (TPSA) is 24.3 Å². The first-order valence-electron chi connectivity index (χ1n) is 8.68. The maximum atomic E-state index is 4.54. The van der Waals surface area contributed by atoms with Crippen molar-refractivity contribution in [1.29, 1.82) is 0 Å². The van der Waals surface area contributed by atoms with Crippen LogP contribution >= 0.6 is 0 Å². The Bertz CT molecular complexity index is 620. The van der Waals surface area contributed by atoms with Gasteiger partial charge in [-0.3, -0.25) is 14.5 Å². The van der Waals surface area contributed by atoms with Crippen LogP contribution in [-0.2, 0) is 13.1 Å². The van der Waals surface area contributed by atoms with Gasteiger partial charge in [0.05, 0.1) is 6.20 Å². The van der Waals surface area contributed by atoms with E-state index in [1.807, 2.05) is 0 Å². The normalized spacial score (nSPS) is 20.0. The van der Waals surface area contributed by atoms with Crippen molar-refractivity contribution in [3.63, 3.8) is 0 Å². The Labute approximate surface area is 139 Å². The molecule has 1 fully saturated rings. The Morgan fingerprint density at radius 3 is 2.70 bits per heavy atom. The van der Waals surface area contributed by atoms with E-state index in [1.165, 1.54) is 16.8 Å². The Hall–Kier alpha value is -1.65. The molecule has 4 nitrogen and oxygen atoms in total. The van der Waals surface area contributed by atoms with Crippen molar-refractivity contribution < 1.29 is 0 Å². The monoisotopic (exact) mass is 312 g/mol. The van der Waals surface area contributed by atoms with Gasteiger partial charge in [0.25, 0.3) is 0 Å². The van der Waals surface area contributed by atoms with Crippen molar-refractivity contribution in [2.75, 3.05) is 26.7 Å². The summed E-state index contributed by atoms with van der Waals surface area (Å²) in [6.45, 7) is 9.74. The average Bonchev–Trinajstić information content (AvgIpc) is 2.91. The highest BCUT2D eigenvalue weighted by molar-refractivity contribution is 5.21. The van der Waals surface area contributed by atoms with Crippen molar-refractivity contribution >= 4 is 0 Å². The zero-order valence-corrected chi connectivity index (χ0v) is 14.6. The van der Waals surface area contributed by atoms with Gasteiger partial charge < -0.3 is 0 Å². The fourth-order valence-corrected chi connectivity index (χ4v) is 3.43. The van der Waals surface area contributed by atoms with Gasteiger partial charge in [0.2, 0.25) is 0 Å². The molecule has 1 aliphatic heterocycles. The number of aromatic nitrogens is 2.